The zero-order valence-corrected chi connectivity index (χ0v) is 15.2. The summed E-state index contributed by atoms with van der Waals surface area (Å²) in [5.74, 6) is 0. The van der Waals surface area contributed by atoms with Gasteiger partial charge in [-0.05, 0) is 18.1 Å². The smallest absolute Gasteiger partial charge is 0.192 e. The minimum absolute atomic E-state index is 0.0607. The molecule has 1 N–H and O–H groups in total. The standard InChI is InChI=1S/C17H28O4Si/c1-17(2,3)22(4,5)19-12-15-14(11-18)20-16(21-15)13-9-7-6-8-10-13/h6-10,14-16,18H,11-12H2,1-5H3/t14-,15-,16?/m0/s1. The van der Waals surface area contributed by atoms with E-state index in [0.29, 0.717) is 6.61 Å². The largest absolute Gasteiger partial charge is 0.414 e. The number of aliphatic hydroxyl groups excluding tert-OH is 1. The molecule has 1 unspecified atom stereocenters. The molecule has 1 aromatic carbocycles. The Hall–Kier alpha value is -0.723. The highest BCUT2D eigenvalue weighted by Crippen LogP contribution is 2.38. The van der Waals surface area contributed by atoms with Crippen molar-refractivity contribution < 1.29 is 19.0 Å². The van der Waals surface area contributed by atoms with Gasteiger partial charge in [0.2, 0.25) is 0 Å². The van der Waals surface area contributed by atoms with Gasteiger partial charge in [-0.15, -0.1) is 0 Å². The second kappa shape index (κ2) is 6.80. The number of rotatable bonds is 5. The molecule has 0 aliphatic carbocycles. The van der Waals surface area contributed by atoms with Crippen molar-refractivity contribution in [1.29, 1.82) is 0 Å². The van der Waals surface area contributed by atoms with Crippen molar-refractivity contribution in [3.8, 4) is 0 Å². The minimum atomic E-state index is -1.83. The Kier molecular flexibility index (Phi) is 5.45. The van der Waals surface area contributed by atoms with Gasteiger partial charge in [0.15, 0.2) is 14.6 Å². The predicted octanol–water partition coefficient (Wildman–Crippen LogP) is 3.48. The van der Waals surface area contributed by atoms with Gasteiger partial charge >= 0.3 is 0 Å². The molecule has 1 aliphatic heterocycles. The molecular formula is C17H28O4Si. The predicted molar refractivity (Wildman–Crippen MR) is 89.2 cm³/mol. The van der Waals surface area contributed by atoms with Crippen molar-refractivity contribution in [2.24, 2.45) is 0 Å². The maximum atomic E-state index is 9.54. The van der Waals surface area contributed by atoms with Gasteiger partial charge in [-0.25, -0.2) is 0 Å². The van der Waals surface area contributed by atoms with E-state index in [1.165, 1.54) is 0 Å². The van der Waals surface area contributed by atoms with E-state index >= 15 is 0 Å². The molecule has 1 heterocycles. The maximum absolute atomic E-state index is 9.54. The van der Waals surface area contributed by atoms with Gasteiger partial charge in [0.05, 0.1) is 13.2 Å². The first-order chi connectivity index (χ1) is 10.2. The summed E-state index contributed by atoms with van der Waals surface area (Å²) in [6.07, 6.45) is -0.995. The monoisotopic (exact) mass is 324 g/mol. The fourth-order valence-electron chi connectivity index (χ4n) is 2.11. The van der Waals surface area contributed by atoms with Gasteiger partial charge in [-0.1, -0.05) is 51.1 Å². The lowest BCUT2D eigenvalue weighted by Gasteiger charge is -2.37. The molecule has 5 heteroatoms. The summed E-state index contributed by atoms with van der Waals surface area (Å²) in [5, 5.41) is 9.69. The van der Waals surface area contributed by atoms with E-state index in [0.717, 1.165) is 5.56 Å². The molecule has 1 saturated heterocycles. The summed E-state index contributed by atoms with van der Waals surface area (Å²) in [6, 6.07) is 9.80. The maximum Gasteiger partial charge on any atom is 0.192 e. The van der Waals surface area contributed by atoms with Crippen molar-refractivity contribution in [3.63, 3.8) is 0 Å². The van der Waals surface area contributed by atoms with Crippen LogP contribution in [0.2, 0.25) is 18.1 Å². The summed E-state index contributed by atoms with van der Waals surface area (Å²) in [5.41, 5.74) is 0.968. The first-order valence-corrected chi connectivity index (χ1v) is 10.8. The fraction of sp³-hybridized carbons (Fsp3) is 0.647. The molecule has 0 radical (unpaired) electrons. The number of benzene rings is 1. The highest BCUT2D eigenvalue weighted by molar-refractivity contribution is 6.74. The lowest BCUT2D eigenvalue weighted by atomic mass is 10.2. The van der Waals surface area contributed by atoms with E-state index in [-0.39, 0.29) is 23.9 Å². The van der Waals surface area contributed by atoms with E-state index in [1.54, 1.807) is 0 Å². The molecule has 2 rings (SSSR count). The van der Waals surface area contributed by atoms with Gasteiger partial charge in [-0.3, -0.25) is 0 Å². The molecule has 1 fully saturated rings. The molecule has 0 spiro atoms. The van der Waals surface area contributed by atoms with Crippen molar-refractivity contribution >= 4 is 8.32 Å². The minimum Gasteiger partial charge on any atom is -0.414 e. The average molecular weight is 324 g/mol. The second-order valence-corrected chi connectivity index (χ2v) is 12.2. The third-order valence-electron chi connectivity index (χ3n) is 4.68. The third-order valence-corrected chi connectivity index (χ3v) is 9.18. The van der Waals surface area contributed by atoms with E-state index in [2.05, 4.69) is 33.9 Å². The molecule has 1 aromatic rings. The lowest BCUT2D eigenvalue weighted by molar-refractivity contribution is -0.0765. The highest BCUT2D eigenvalue weighted by atomic mass is 28.4. The lowest BCUT2D eigenvalue weighted by Crippen LogP contribution is -2.44. The highest BCUT2D eigenvalue weighted by Gasteiger charge is 2.41. The van der Waals surface area contributed by atoms with Gasteiger partial charge in [0, 0.05) is 5.56 Å². The molecular weight excluding hydrogens is 296 g/mol. The van der Waals surface area contributed by atoms with Crippen LogP contribution in [-0.4, -0.2) is 38.8 Å². The Morgan fingerprint density at radius 1 is 1.09 bits per heavy atom. The van der Waals surface area contributed by atoms with Gasteiger partial charge in [-0.2, -0.15) is 0 Å². The quantitative estimate of drug-likeness (QED) is 0.842. The molecule has 0 bridgehead atoms. The van der Waals surface area contributed by atoms with Crippen LogP contribution in [0.25, 0.3) is 0 Å². The van der Waals surface area contributed by atoms with Crippen molar-refractivity contribution in [3.05, 3.63) is 35.9 Å². The Balaban J connectivity index is 1.99. The molecule has 0 saturated carbocycles. The van der Waals surface area contributed by atoms with E-state index < -0.39 is 14.6 Å². The average Bonchev–Trinajstić information content (AvgIpc) is 2.88. The van der Waals surface area contributed by atoms with Crippen molar-refractivity contribution in [1.82, 2.24) is 0 Å². The summed E-state index contributed by atoms with van der Waals surface area (Å²) in [6.45, 7) is 11.5. The molecule has 3 atom stereocenters. The zero-order chi connectivity index (χ0) is 16.4. The van der Waals surface area contributed by atoms with E-state index in [1.807, 2.05) is 30.3 Å². The Labute approximate surface area is 134 Å². The zero-order valence-electron chi connectivity index (χ0n) is 14.2. The van der Waals surface area contributed by atoms with E-state index in [9.17, 15) is 5.11 Å². The Bertz CT molecular complexity index is 469. The number of hydrogen-bond donors (Lipinski definition) is 1. The van der Waals surface area contributed by atoms with Crippen LogP contribution in [0.1, 0.15) is 32.6 Å². The van der Waals surface area contributed by atoms with Crippen molar-refractivity contribution in [2.45, 2.75) is 57.4 Å². The molecule has 4 nitrogen and oxygen atoms in total. The van der Waals surface area contributed by atoms with E-state index in [4.69, 9.17) is 13.9 Å². The number of hydrogen-bond acceptors (Lipinski definition) is 4. The fourth-order valence-corrected chi connectivity index (χ4v) is 3.12. The molecule has 22 heavy (non-hydrogen) atoms. The van der Waals surface area contributed by atoms with Crippen LogP contribution in [0, 0.1) is 0 Å². The first-order valence-electron chi connectivity index (χ1n) is 7.85. The number of aliphatic hydroxyl groups is 1. The topological polar surface area (TPSA) is 47.9 Å². The van der Waals surface area contributed by atoms with Gasteiger partial charge < -0.3 is 19.0 Å². The molecule has 124 valence electrons. The van der Waals surface area contributed by atoms with Gasteiger partial charge in [0.1, 0.15) is 12.2 Å². The summed E-state index contributed by atoms with van der Waals surface area (Å²) >= 11 is 0. The number of ether oxygens (including phenoxy) is 2. The van der Waals surface area contributed by atoms with Gasteiger partial charge in [0.25, 0.3) is 0 Å². The second-order valence-electron chi connectivity index (χ2n) is 7.35. The van der Waals surface area contributed by atoms with Crippen LogP contribution in [-0.2, 0) is 13.9 Å². The Morgan fingerprint density at radius 2 is 1.68 bits per heavy atom. The van der Waals surface area contributed by atoms with Crippen LogP contribution >= 0.6 is 0 Å². The van der Waals surface area contributed by atoms with Crippen molar-refractivity contribution in [2.75, 3.05) is 13.2 Å². The molecule has 1 aliphatic rings. The van der Waals surface area contributed by atoms with Crippen LogP contribution in [0.4, 0.5) is 0 Å². The van der Waals surface area contributed by atoms with Crippen LogP contribution in [0.15, 0.2) is 30.3 Å². The Morgan fingerprint density at radius 3 is 2.23 bits per heavy atom. The normalized spacial score (nSPS) is 26.4. The molecule has 0 aromatic heterocycles. The third kappa shape index (κ3) is 3.97. The van der Waals surface area contributed by atoms with Crippen LogP contribution in [0.5, 0.6) is 0 Å². The van der Waals surface area contributed by atoms with Crippen LogP contribution in [0.3, 0.4) is 0 Å². The SMILES string of the molecule is CC(C)(C)[Si](C)(C)OC[C@@H]1OC(c2ccccc2)O[C@H]1CO. The first kappa shape index (κ1) is 17.6. The summed E-state index contributed by atoms with van der Waals surface area (Å²) in [4.78, 5) is 0. The molecule has 0 amide bonds. The summed E-state index contributed by atoms with van der Waals surface area (Å²) in [7, 11) is -1.83. The summed E-state index contributed by atoms with van der Waals surface area (Å²) < 4.78 is 18.0. The van der Waals surface area contributed by atoms with Crippen LogP contribution < -0.4 is 0 Å².